The number of urea groups is 1. The van der Waals surface area contributed by atoms with Gasteiger partial charge in [-0.05, 0) is 36.6 Å². The minimum Gasteiger partial charge on any atom is -0.347 e. The van der Waals surface area contributed by atoms with Crippen molar-refractivity contribution in [3.8, 4) is 0 Å². The molecule has 0 spiro atoms. The summed E-state index contributed by atoms with van der Waals surface area (Å²) in [6.45, 7) is 0.126. The molecule has 0 aliphatic carbocycles. The third kappa shape index (κ3) is 4.72. The summed E-state index contributed by atoms with van der Waals surface area (Å²) in [5.74, 6) is -2.27. The van der Waals surface area contributed by atoms with Crippen molar-refractivity contribution in [3.63, 3.8) is 0 Å². The zero-order valence-corrected chi connectivity index (χ0v) is 16.1. The highest BCUT2D eigenvalue weighted by molar-refractivity contribution is 6.31. The number of aryl methyl sites for hydroxylation is 1. The Bertz CT molecular complexity index is 893. The number of hydrogen-bond acceptors (Lipinski definition) is 2. The Labute approximate surface area is 170 Å². The molecular formula is C19H17Cl2F2N3O2. The van der Waals surface area contributed by atoms with Crippen LogP contribution in [0.1, 0.15) is 23.6 Å². The molecule has 2 unspecified atom stereocenters. The fraction of sp³-hybridized carbons (Fsp3) is 0.263. The van der Waals surface area contributed by atoms with Crippen molar-refractivity contribution in [2.24, 2.45) is 0 Å². The fourth-order valence-electron chi connectivity index (χ4n) is 2.96. The normalized spacial score (nSPS) is 17.0. The zero-order chi connectivity index (χ0) is 20.3. The molecule has 1 saturated heterocycles. The minimum absolute atomic E-state index is 0.0750. The van der Waals surface area contributed by atoms with E-state index in [0.29, 0.717) is 17.9 Å². The van der Waals surface area contributed by atoms with Crippen LogP contribution in [0.2, 0.25) is 10.0 Å². The summed E-state index contributed by atoms with van der Waals surface area (Å²) in [5.41, 5.74) is 1.01. The summed E-state index contributed by atoms with van der Waals surface area (Å²) in [7, 11) is 0. The van der Waals surface area contributed by atoms with E-state index in [4.69, 9.17) is 23.2 Å². The summed E-state index contributed by atoms with van der Waals surface area (Å²) >= 11 is 11.6. The smallest absolute Gasteiger partial charge is 0.315 e. The number of rotatable bonds is 6. The van der Waals surface area contributed by atoms with Gasteiger partial charge in [0.25, 0.3) is 0 Å². The molecule has 0 radical (unpaired) electrons. The number of amides is 3. The van der Waals surface area contributed by atoms with E-state index in [1.54, 1.807) is 12.1 Å². The van der Waals surface area contributed by atoms with E-state index in [1.807, 2.05) is 12.1 Å². The maximum absolute atomic E-state index is 14.6. The number of carbonyl (C=O) groups is 2. The average Bonchev–Trinajstić information content (AvgIpc) is 3.11. The van der Waals surface area contributed by atoms with Gasteiger partial charge in [-0.2, -0.15) is 0 Å². The van der Waals surface area contributed by atoms with Crippen molar-refractivity contribution >= 4 is 35.1 Å². The van der Waals surface area contributed by atoms with Gasteiger partial charge in [-0.15, -0.1) is 0 Å². The predicted molar refractivity (Wildman–Crippen MR) is 102 cm³/mol. The van der Waals surface area contributed by atoms with Crippen molar-refractivity contribution in [3.05, 3.63) is 69.2 Å². The van der Waals surface area contributed by atoms with Crippen molar-refractivity contribution < 1.29 is 18.4 Å². The highest BCUT2D eigenvalue weighted by Crippen LogP contribution is 2.29. The molecule has 2 aromatic rings. The largest absolute Gasteiger partial charge is 0.347 e. The van der Waals surface area contributed by atoms with Crippen LogP contribution < -0.4 is 16.0 Å². The highest BCUT2D eigenvalue weighted by atomic mass is 35.5. The minimum atomic E-state index is -0.920. The molecule has 28 heavy (non-hydrogen) atoms. The number of hydrogen-bond donors (Lipinski definition) is 3. The molecule has 3 rings (SSSR count). The van der Waals surface area contributed by atoms with Gasteiger partial charge in [0, 0.05) is 17.1 Å². The van der Waals surface area contributed by atoms with Crippen LogP contribution in [0.25, 0.3) is 0 Å². The maximum atomic E-state index is 14.6. The Morgan fingerprint density at radius 3 is 2.54 bits per heavy atom. The molecule has 1 aliphatic rings. The van der Waals surface area contributed by atoms with Gasteiger partial charge in [0.15, 0.2) is 0 Å². The lowest BCUT2D eigenvalue weighted by Gasteiger charge is -2.22. The van der Waals surface area contributed by atoms with E-state index in [2.05, 4.69) is 16.0 Å². The second-order valence-electron chi connectivity index (χ2n) is 6.40. The van der Waals surface area contributed by atoms with Crippen LogP contribution in [0.5, 0.6) is 0 Å². The molecule has 2 atom stereocenters. The van der Waals surface area contributed by atoms with Gasteiger partial charge in [-0.25, -0.2) is 13.6 Å². The predicted octanol–water partition coefficient (Wildman–Crippen LogP) is 3.74. The highest BCUT2D eigenvalue weighted by Gasteiger charge is 2.29. The second kappa shape index (κ2) is 8.75. The molecule has 1 fully saturated rings. The van der Waals surface area contributed by atoms with Crippen LogP contribution in [0.15, 0.2) is 36.4 Å². The molecule has 0 aromatic heterocycles. The molecule has 9 heteroatoms. The lowest BCUT2D eigenvalue weighted by Crippen LogP contribution is -2.44. The van der Waals surface area contributed by atoms with Crippen molar-refractivity contribution in [2.75, 3.05) is 6.54 Å². The first-order chi connectivity index (χ1) is 13.3. The third-order valence-electron chi connectivity index (χ3n) is 4.48. The molecule has 3 N–H and O–H groups in total. The van der Waals surface area contributed by atoms with Crippen LogP contribution in [0, 0.1) is 11.6 Å². The van der Waals surface area contributed by atoms with Crippen molar-refractivity contribution in [1.29, 1.82) is 0 Å². The first-order valence-electron chi connectivity index (χ1n) is 8.57. The van der Waals surface area contributed by atoms with Gasteiger partial charge in [-0.1, -0.05) is 41.4 Å². The summed E-state index contributed by atoms with van der Waals surface area (Å²) in [6.07, 6.45) is 0.839. The van der Waals surface area contributed by atoms with Crippen molar-refractivity contribution in [2.45, 2.75) is 24.9 Å². The summed E-state index contributed by atoms with van der Waals surface area (Å²) in [5, 5.41) is 7.65. The molecule has 1 aliphatic heterocycles. The van der Waals surface area contributed by atoms with E-state index in [9.17, 15) is 18.4 Å². The second-order valence-corrected chi connectivity index (χ2v) is 7.21. The molecule has 3 amide bonds. The molecule has 148 valence electrons. The number of carbonyl (C=O) groups excluding carboxylic acids is 2. The molecule has 2 aromatic carbocycles. The topological polar surface area (TPSA) is 70.2 Å². The zero-order valence-electron chi connectivity index (χ0n) is 14.6. The first kappa shape index (κ1) is 20.4. The SMILES string of the molecule is O=C1NCC(C(=O)NC(CCc2ccc(Cl)cc2)c2ccc(F)c(Cl)c2F)N1. The van der Waals surface area contributed by atoms with Gasteiger partial charge in [0.1, 0.15) is 22.7 Å². The van der Waals surface area contributed by atoms with E-state index in [0.717, 1.165) is 11.6 Å². The molecule has 0 saturated carbocycles. The standard InChI is InChI=1S/C19H17Cl2F2N3O2/c20-11-4-1-10(2-5-11)3-8-14(12-6-7-13(22)16(21)17(12)23)25-18(27)15-9-24-19(28)26-15/h1-2,4-7,14-15H,3,8-9H2,(H,25,27)(H2,24,26,28). The van der Waals surface area contributed by atoms with Crippen LogP contribution in [0.4, 0.5) is 13.6 Å². The Kier molecular flexibility index (Phi) is 6.36. The Balaban J connectivity index is 1.80. The Hall–Kier alpha value is -2.38. The molecule has 5 nitrogen and oxygen atoms in total. The van der Waals surface area contributed by atoms with Gasteiger partial charge in [0.2, 0.25) is 5.91 Å². The number of benzene rings is 2. The Morgan fingerprint density at radius 2 is 1.89 bits per heavy atom. The quantitative estimate of drug-likeness (QED) is 0.614. The monoisotopic (exact) mass is 427 g/mol. The molecule has 1 heterocycles. The van der Waals surface area contributed by atoms with Gasteiger partial charge in [0.05, 0.1) is 6.04 Å². The number of halogens is 4. The summed E-state index contributed by atoms with van der Waals surface area (Å²) in [4.78, 5) is 23.7. The fourth-order valence-corrected chi connectivity index (χ4v) is 3.26. The maximum Gasteiger partial charge on any atom is 0.315 e. The third-order valence-corrected chi connectivity index (χ3v) is 5.08. The van der Waals surface area contributed by atoms with E-state index in [-0.39, 0.29) is 12.1 Å². The van der Waals surface area contributed by atoms with E-state index < -0.39 is 40.7 Å². The lowest BCUT2D eigenvalue weighted by atomic mass is 9.98. The molecular weight excluding hydrogens is 411 g/mol. The summed E-state index contributed by atoms with van der Waals surface area (Å²) in [6, 6.07) is 7.46. The summed E-state index contributed by atoms with van der Waals surface area (Å²) < 4.78 is 28.1. The van der Waals surface area contributed by atoms with Crippen LogP contribution in [-0.2, 0) is 11.2 Å². The van der Waals surface area contributed by atoms with Gasteiger partial charge in [-0.3, -0.25) is 4.79 Å². The lowest BCUT2D eigenvalue weighted by molar-refractivity contribution is -0.123. The first-order valence-corrected chi connectivity index (χ1v) is 9.33. The Morgan fingerprint density at radius 1 is 1.18 bits per heavy atom. The van der Waals surface area contributed by atoms with Crippen LogP contribution in [0.3, 0.4) is 0 Å². The van der Waals surface area contributed by atoms with Gasteiger partial charge >= 0.3 is 6.03 Å². The molecule has 0 bridgehead atoms. The van der Waals surface area contributed by atoms with E-state index in [1.165, 1.54) is 6.07 Å². The number of nitrogens with one attached hydrogen (secondary N) is 3. The van der Waals surface area contributed by atoms with Crippen molar-refractivity contribution in [1.82, 2.24) is 16.0 Å². The van der Waals surface area contributed by atoms with E-state index >= 15 is 0 Å². The van der Waals surface area contributed by atoms with Gasteiger partial charge < -0.3 is 16.0 Å². The van der Waals surface area contributed by atoms with Crippen LogP contribution in [-0.4, -0.2) is 24.5 Å². The average molecular weight is 428 g/mol. The van der Waals surface area contributed by atoms with Crippen LogP contribution >= 0.6 is 23.2 Å².